The molecule has 0 bridgehead atoms. The second-order valence-electron chi connectivity index (χ2n) is 2.73. The van der Waals surface area contributed by atoms with E-state index in [1.54, 1.807) is 6.92 Å². The van der Waals surface area contributed by atoms with Gasteiger partial charge in [0.2, 0.25) is 5.97 Å². The third kappa shape index (κ3) is 3.65. The van der Waals surface area contributed by atoms with E-state index in [1.165, 1.54) is 0 Å². The molecule has 0 heterocycles. The Balaban J connectivity index is 4.60. The van der Waals surface area contributed by atoms with Crippen molar-refractivity contribution in [3.63, 3.8) is 0 Å². The molecule has 0 saturated carbocycles. The summed E-state index contributed by atoms with van der Waals surface area (Å²) in [5.74, 6) is -0.885. The molecule has 2 nitrogen and oxygen atoms in total. The fourth-order valence-corrected chi connectivity index (χ4v) is 0.844. The Kier molecular flexibility index (Phi) is 3.65. The Morgan fingerprint density at radius 3 is 1.91 bits per heavy atom. The Morgan fingerprint density at radius 1 is 1.36 bits per heavy atom. The molecular weight excluding hydrogens is 143 g/mol. The zero-order valence-electron chi connectivity index (χ0n) is 7.03. The maximum Gasteiger partial charge on any atom is 0.205 e. The smallest absolute Gasteiger partial charge is 0.205 e. The molecule has 0 fully saturated rings. The van der Waals surface area contributed by atoms with Crippen molar-refractivity contribution in [3.8, 4) is 0 Å². The van der Waals surface area contributed by atoms with Gasteiger partial charge in [0, 0.05) is 5.71 Å². The van der Waals surface area contributed by atoms with E-state index in [-0.39, 0.29) is 5.92 Å². The lowest BCUT2D eigenvalue weighted by atomic mass is 9.99. The quantitative estimate of drug-likeness (QED) is 0.590. The average molecular weight is 156 g/mol. The first-order valence-corrected chi connectivity index (χ1v) is 3.46. The largest absolute Gasteiger partial charge is 0.305 e. The molecule has 2 N–H and O–H groups in total. The minimum atomic E-state index is -0.986. The van der Waals surface area contributed by atoms with E-state index in [2.05, 4.69) is 0 Å². The number of hydrogen-bond donors (Lipinski definition) is 2. The van der Waals surface area contributed by atoms with Gasteiger partial charge in [0.25, 0.3) is 0 Å². The Labute approximate surface area is 66.1 Å². The van der Waals surface area contributed by atoms with Crippen LogP contribution in [-0.2, 0) is 0 Å². The molecule has 0 aliphatic carbocycles. The number of hydrogen-bond acceptors (Lipinski definition) is 2. The molecule has 0 aromatic carbocycles. The molecule has 0 unspecified atom stereocenters. The lowest BCUT2D eigenvalue weighted by molar-refractivity contribution is 0.779. The van der Waals surface area contributed by atoms with E-state index in [0.29, 0.717) is 11.3 Å². The molecule has 3 heteroatoms. The summed E-state index contributed by atoms with van der Waals surface area (Å²) < 4.78 is 12.1. The summed E-state index contributed by atoms with van der Waals surface area (Å²) in [5, 5.41) is 13.8. The summed E-state index contributed by atoms with van der Waals surface area (Å²) in [4.78, 5) is 0. The van der Waals surface area contributed by atoms with Crippen LogP contribution >= 0.6 is 0 Å². The zero-order valence-corrected chi connectivity index (χ0v) is 7.03. The van der Waals surface area contributed by atoms with Gasteiger partial charge in [0.1, 0.15) is 0 Å². The first kappa shape index (κ1) is 10.0. The summed E-state index contributed by atoms with van der Waals surface area (Å²) in [6, 6.07) is 0. The van der Waals surface area contributed by atoms with Crippen molar-refractivity contribution in [2.24, 2.45) is 5.92 Å². The van der Waals surface area contributed by atoms with Crippen LogP contribution in [-0.4, -0.2) is 11.7 Å². The molecule has 0 radical (unpaired) electrons. The fraction of sp³-hybridized carbons (Fsp3) is 0.500. The first-order chi connectivity index (χ1) is 4.95. The molecular formula is C8H13FN2. The SMILES string of the molecule is CC(=N)/C(=C\C(=N)F)C(C)C. The molecule has 0 saturated heterocycles. The van der Waals surface area contributed by atoms with Crippen LogP contribution in [0, 0.1) is 16.7 Å². The van der Waals surface area contributed by atoms with Crippen molar-refractivity contribution in [3.05, 3.63) is 11.6 Å². The summed E-state index contributed by atoms with van der Waals surface area (Å²) >= 11 is 0. The average Bonchev–Trinajstić information content (AvgIpc) is 1.81. The van der Waals surface area contributed by atoms with Crippen molar-refractivity contribution in [1.29, 1.82) is 10.8 Å². The van der Waals surface area contributed by atoms with Crippen molar-refractivity contribution in [2.75, 3.05) is 0 Å². The van der Waals surface area contributed by atoms with E-state index in [9.17, 15) is 4.39 Å². The second kappa shape index (κ2) is 4.01. The van der Waals surface area contributed by atoms with E-state index < -0.39 is 5.97 Å². The predicted molar refractivity (Wildman–Crippen MR) is 45.2 cm³/mol. The van der Waals surface area contributed by atoms with Crippen LogP contribution in [0.3, 0.4) is 0 Å². The summed E-state index contributed by atoms with van der Waals surface area (Å²) in [6.45, 7) is 5.33. The molecule has 0 aliphatic heterocycles. The molecule has 0 rings (SSSR count). The zero-order chi connectivity index (χ0) is 9.02. The van der Waals surface area contributed by atoms with Gasteiger partial charge < -0.3 is 5.41 Å². The number of halogens is 1. The summed E-state index contributed by atoms with van der Waals surface area (Å²) in [5.41, 5.74) is 0.903. The molecule has 62 valence electrons. The van der Waals surface area contributed by atoms with Gasteiger partial charge in [-0.15, -0.1) is 0 Å². The van der Waals surface area contributed by atoms with Crippen LogP contribution in [0.15, 0.2) is 11.6 Å². The lowest BCUT2D eigenvalue weighted by Gasteiger charge is -2.07. The van der Waals surface area contributed by atoms with E-state index >= 15 is 0 Å². The Morgan fingerprint density at radius 2 is 1.82 bits per heavy atom. The molecule has 0 spiro atoms. The molecule has 0 aromatic heterocycles. The molecule has 0 atom stereocenters. The maximum atomic E-state index is 12.1. The molecule has 0 aromatic rings. The van der Waals surface area contributed by atoms with Crippen LogP contribution in [0.4, 0.5) is 4.39 Å². The van der Waals surface area contributed by atoms with Gasteiger partial charge in [-0.1, -0.05) is 13.8 Å². The minimum absolute atomic E-state index is 0.101. The summed E-state index contributed by atoms with van der Waals surface area (Å²) in [7, 11) is 0. The predicted octanol–water partition coefficient (Wildman–Crippen LogP) is 2.56. The number of allylic oxidation sites excluding steroid dienone is 2. The highest BCUT2D eigenvalue weighted by Crippen LogP contribution is 2.10. The van der Waals surface area contributed by atoms with E-state index in [1.807, 2.05) is 13.8 Å². The van der Waals surface area contributed by atoms with E-state index in [0.717, 1.165) is 6.08 Å². The van der Waals surface area contributed by atoms with Gasteiger partial charge in [0.15, 0.2) is 0 Å². The van der Waals surface area contributed by atoms with Crippen LogP contribution in [0.25, 0.3) is 0 Å². The van der Waals surface area contributed by atoms with Gasteiger partial charge in [-0.25, -0.2) is 0 Å². The monoisotopic (exact) mass is 156 g/mol. The normalized spacial score (nSPS) is 11.9. The first-order valence-electron chi connectivity index (χ1n) is 3.46. The van der Waals surface area contributed by atoms with Crippen LogP contribution in [0.2, 0.25) is 0 Å². The van der Waals surface area contributed by atoms with Crippen molar-refractivity contribution in [1.82, 2.24) is 0 Å². The highest BCUT2D eigenvalue weighted by Gasteiger charge is 2.05. The molecule has 0 aliphatic rings. The molecule has 11 heavy (non-hydrogen) atoms. The van der Waals surface area contributed by atoms with Crippen LogP contribution in [0.1, 0.15) is 20.8 Å². The second-order valence-corrected chi connectivity index (χ2v) is 2.73. The number of rotatable bonds is 3. The van der Waals surface area contributed by atoms with Gasteiger partial charge in [0.05, 0.1) is 0 Å². The highest BCUT2D eigenvalue weighted by molar-refractivity contribution is 6.01. The topological polar surface area (TPSA) is 47.7 Å². The van der Waals surface area contributed by atoms with Gasteiger partial charge in [-0.05, 0) is 24.5 Å². The third-order valence-electron chi connectivity index (χ3n) is 1.34. The van der Waals surface area contributed by atoms with Crippen molar-refractivity contribution < 1.29 is 4.39 Å². The Hall–Kier alpha value is -0.990. The van der Waals surface area contributed by atoms with Gasteiger partial charge in [-0.3, -0.25) is 5.41 Å². The fourth-order valence-electron chi connectivity index (χ4n) is 0.844. The molecule has 0 amide bonds. The number of nitrogens with one attached hydrogen (secondary N) is 2. The minimum Gasteiger partial charge on any atom is -0.305 e. The van der Waals surface area contributed by atoms with E-state index in [4.69, 9.17) is 10.8 Å². The summed E-state index contributed by atoms with van der Waals surface area (Å²) in [6.07, 6.45) is 1.09. The highest BCUT2D eigenvalue weighted by atomic mass is 19.1. The Bertz CT molecular complexity index is 204. The maximum absolute atomic E-state index is 12.1. The third-order valence-corrected chi connectivity index (χ3v) is 1.34. The standard InChI is InChI=1S/C8H13FN2/c1-5(2)7(6(3)10)4-8(9)11/h4-5,10-11H,1-3H3/b7-4-,10-6?,11-8?. The lowest BCUT2D eigenvalue weighted by Crippen LogP contribution is -2.04. The van der Waals surface area contributed by atoms with Crippen molar-refractivity contribution in [2.45, 2.75) is 20.8 Å². The van der Waals surface area contributed by atoms with Crippen molar-refractivity contribution >= 4 is 11.7 Å². The van der Waals surface area contributed by atoms with Gasteiger partial charge in [-0.2, -0.15) is 4.39 Å². The van der Waals surface area contributed by atoms with Crippen LogP contribution in [0.5, 0.6) is 0 Å². The van der Waals surface area contributed by atoms with Crippen LogP contribution < -0.4 is 0 Å². The van der Waals surface area contributed by atoms with Gasteiger partial charge >= 0.3 is 0 Å².